The van der Waals surface area contributed by atoms with Crippen molar-refractivity contribution in [1.82, 2.24) is 14.5 Å². The largest absolute Gasteiger partial charge is 0.481 e. The molecule has 0 bridgehead atoms. The van der Waals surface area contributed by atoms with Crippen LogP contribution in [0.2, 0.25) is 0 Å². The fourth-order valence-corrected chi connectivity index (χ4v) is 7.40. The number of rotatable bonds is 7. The van der Waals surface area contributed by atoms with Crippen LogP contribution in [0, 0.1) is 11.8 Å². The molecule has 2 N–H and O–H groups in total. The fraction of sp³-hybridized carbons (Fsp3) is 0.625. The van der Waals surface area contributed by atoms with Crippen molar-refractivity contribution in [2.75, 3.05) is 19.6 Å². The molecule has 2 saturated heterocycles. The number of benzene rings is 1. The molecule has 1 saturated carbocycles. The summed E-state index contributed by atoms with van der Waals surface area (Å²) in [7, 11) is -3.71. The van der Waals surface area contributed by atoms with Gasteiger partial charge in [0.1, 0.15) is 6.04 Å². The minimum Gasteiger partial charge on any atom is -0.481 e. The lowest BCUT2D eigenvalue weighted by atomic mass is 9.85. The number of carboxylic acids is 1. The molecule has 1 aromatic rings. The molecule has 2 aliphatic heterocycles. The van der Waals surface area contributed by atoms with E-state index in [-0.39, 0.29) is 38.4 Å². The summed E-state index contributed by atoms with van der Waals surface area (Å²) in [4.78, 5) is 38.7. The standard InChI is InChI=1S/C24H30F3N3O6S/c25-24(26,27)18-7-5-15(6-8-18)13-28-21(31)20-4-2-10-30(20)22(32)16-3-1-9-29(14-16)37(35,36)19-11-17(12-19)23(33)34/h5-8,16-17,19-20H,1-4,9-14H2,(H,28,31)(H,33,34)/t16-,17-,19+,20+/m0/s1. The lowest BCUT2D eigenvalue weighted by molar-refractivity contribution is -0.144. The summed E-state index contributed by atoms with van der Waals surface area (Å²) in [6, 6.07) is 3.75. The number of halogens is 3. The van der Waals surface area contributed by atoms with Gasteiger partial charge in [-0.2, -0.15) is 13.2 Å². The second-order valence-electron chi connectivity index (χ2n) is 9.97. The van der Waals surface area contributed by atoms with Gasteiger partial charge in [0.15, 0.2) is 0 Å². The Balaban J connectivity index is 1.33. The first kappa shape index (κ1) is 27.4. The van der Waals surface area contributed by atoms with Crippen LogP contribution >= 0.6 is 0 Å². The zero-order chi connectivity index (χ0) is 27.0. The smallest absolute Gasteiger partial charge is 0.416 e. The van der Waals surface area contributed by atoms with Crippen molar-refractivity contribution in [3.05, 3.63) is 35.4 Å². The molecular formula is C24H30F3N3O6S. The summed E-state index contributed by atoms with van der Waals surface area (Å²) < 4.78 is 65.5. The van der Waals surface area contributed by atoms with Gasteiger partial charge in [-0.1, -0.05) is 12.1 Å². The van der Waals surface area contributed by atoms with Gasteiger partial charge in [0.2, 0.25) is 21.8 Å². The van der Waals surface area contributed by atoms with Crippen LogP contribution in [0.4, 0.5) is 13.2 Å². The first-order valence-corrected chi connectivity index (χ1v) is 13.8. The first-order chi connectivity index (χ1) is 17.4. The van der Waals surface area contributed by atoms with E-state index in [0.717, 1.165) is 12.1 Å². The van der Waals surface area contributed by atoms with Crippen LogP contribution in [0.5, 0.6) is 0 Å². The highest BCUT2D eigenvalue weighted by Gasteiger charge is 2.47. The molecule has 3 aliphatic rings. The van der Waals surface area contributed by atoms with E-state index < -0.39 is 56.8 Å². The molecule has 4 rings (SSSR count). The average molecular weight is 546 g/mol. The maximum absolute atomic E-state index is 13.3. The number of alkyl halides is 3. The molecule has 2 heterocycles. The van der Waals surface area contributed by atoms with E-state index in [0.29, 0.717) is 37.8 Å². The van der Waals surface area contributed by atoms with Crippen molar-refractivity contribution in [2.45, 2.75) is 62.5 Å². The molecule has 0 spiro atoms. The zero-order valence-corrected chi connectivity index (χ0v) is 20.9. The molecule has 0 radical (unpaired) electrons. The number of nitrogens with one attached hydrogen (secondary N) is 1. The number of hydrogen-bond acceptors (Lipinski definition) is 5. The van der Waals surface area contributed by atoms with E-state index >= 15 is 0 Å². The Morgan fingerprint density at radius 3 is 2.27 bits per heavy atom. The molecule has 1 aliphatic carbocycles. The molecule has 0 unspecified atom stereocenters. The second kappa shape index (κ2) is 10.6. The lowest BCUT2D eigenvalue weighted by Crippen LogP contribution is -2.53. The van der Waals surface area contributed by atoms with E-state index in [1.807, 2.05) is 0 Å². The highest BCUT2D eigenvalue weighted by Crippen LogP contribution is 2.36. The van der Waals surface area contributed by atoms with Crippen molar-refractivity contribution in [1.29, 1.82) is 0 Å². The van der Waals surface area contributed by atoms with Crippen LogP contribution in [0.25, 0.3) is 0 Å². The summed E-state index contributed by atoms with van der Waals surface area (Å²) in [6.45, 7) is 0.663. The Hall–Kier alpha value is -2.67. The normalized spacial score (nSPS) is 26.9. The zero-order valence-electron chi connectivity index (χ0n) is 20.1. The Morgan fingerprint density at radius 1 is 1.00 bits per heavy atom. The van der Waals surface area contributed by atoms with Gasteiger partial charge in [-0.25, -0.2) is 12.7 Å². The molecule has 13 heteroatoms. The highest BCUT2D eigenvalue weighted by atomic mass is 32.2. The molecule has 0 aromatic heterocycles. The van der Waals surface area contributed by atoms with Crippen LogP contribution in [0.15, 0.2) is 24.3 Å². The highest BCUT2D eigenvalue weighted by molar-refractivity contribution is 7.89. The number of nitrogens with zero attached hydrogens (tertiary/aromatic N) is 2. The van der Waals surface area contributed by atoms with E-state index in [9.17, 15) is 36.0 Å². The van der Waals surface area contributed by atoms with Crippen molar-refractivity contribution >= 4 is 27.8 Å². The maximum Gasteiger partial charge on any atom is 0.416 e. The molecule has 3 fully saturated rings. The van der Waals surface area contributed by atoms with Crippen LogP contribution < -0.4 is 5.32 Å². The molecule has 2 atom stereocenters. The van der Waals surface area contributed by atoms with Gasteiger partial charge in [-0.15, -0.1) is 0 Å². The van der Waals surface area contributed by atoms with Gasteiger partial charge < -0.3 is 15.3 Å². The Morgan fingerprint density at radius 2 is 1.65 bits per heavy atom. The Labute approximate surface area is 213 Å². The number of hydrogen-bond donors (Lipinski definition) is 2. The SMILES string of the molecule is O=C(NCc1ccc(C(F)(F)F)cc1)[C@H]1CCCN1C(=O)[C@H]1CCCN(S(=O)(=O)[C@H]2C[C@@H](C(=O)O)C2)C1. The van der Waals surface area contributed by atoms with Crippen molar-refractivity contribution in [3.8, 4) is 0 Å². The number of carbonyl (C=O) groups excluding carboxylic acids is 2. The predicted octanol–water partition coefficient (Wildman–Crippen LogP) is 2.22. The minimum absolute atomic E-state index is 0.00575. The molecule has 37 heavy (non-hydrogen) atoms. The number of piperidine rings is 1. The second-order valence-corrected chi connectivity index (χ2v) is 12.2. The van der Waals surface area contributed by atoms with E-state index in [2.05, 4.69) is 5.32 Å². The quantitative estimate of drug-likeness (QED) is 0.542. The van der Waals surface area contributed by atoms with Crippen molar-refractivity contribution in [3.63, 3.8) is 0 Å². The lowest BCUT2D eigenvalue weighted by Gasteiger charge is -2.39. The van der Waals surface area contributed by atoms with Gasteiger partial charge in [-0.05, 0) is 56.2 Å². The maximum atomic E-state index is 13.3. The third-order valence-electron chi connectivity index (χ3n) is 7.55. The summed E-state index contributed by atoms with van der Waals surface area (Å²) in [6.07, 6.45) is -2.28. The number of carboxylic acid groups (broad SMARTS) is 1. The van der Waals surface area contributed by atoms with Crippen LogP contribution in [-0.4, -0.2) is 71.4 Å². The third-order valence-corrected chi connectivity index (χ3v) is 9.82. The average Bonchev–Trinajstić information content (AvgIpc) is 3.30. The van der Waals surface area contributed by atoms with E-state index in [4.69, 9.17) is 5.11 Å². The Bertz CT molecular complexity index is 1140. The summed E-state index contributed by atoms with van der Waals surface area (Å²) in [5.41, 5.74) is -0.288. The number of likely N-dealkylation sites (tertiary alicyclic amines) is 1. The summed E-state index contributed by atoms with van der Waals surface area (Å²) in [5, 5.41) is 11.0. The number of aliphatic carboxylic acids is 1. The van der Waals surface area contributed by atoms with Crippen molar-refractivity contribution < 1.29 is 41.1 Å². The van der Waals surface area contributed by atoms with Crippen LogP contribution in [-0.2, 0) is 37.1 Å². The van der Waals surface area contributed by atoms with Gasteiger partial charge in [0.05, 0.1) is 22.6 Å². The van der Waals surface area contributed by atoms with Gasteiger partial charge in [-0.3, -0.25) is 14.4 Å². The van der Waals surface area contributed by atoms with Gasteiger partial charge in [0.25, 0.3) is 0 Å². The van der Waals surface area contributed by atoms with Gasteiger partial charge in [0, 0.05) is 26.2 Å². The Kier molecular flexibility index (Phi) is 7.84. The van der Waals surface area contributed by atoms with Gasteiger partial charge >= 0.3 is 12.1 Å². The first-order valence-electron chi connectivity index (χ1n) is 12.3. The molecule has 1 aromatic carbocycles. The fourth-order valence-electron chi connectivity index (χ4n) is 5.25. The molecule has 204 valence electrons. The third kappa shape index (κ3) is 5.92. The van der Waals surface area contributed by atoms with E-state index in [1.54, 1.807) is 0 Å². The van der Waals surface area contributed by atoms with Crippen LogP contribution in [0.1, 0.15) is 49.7 Å². The van der Waals surface area contributed by atoms with Crippen molar-refractivity contribution in [2.24, 2.45) is 11.8 Å². The number of sulfonamides is 1. The van der Waals surface area contributed by atoms with E-state index in [1.165, 1.54) is 21.3 Å². The minimum atomic E-state index is -4.45. The number of carbonyl (C=O) groups is 3. The molecule has 9 nitrogen and oxygen atoms in total. The monoisotopic (exact) mass is 545 g/mol. The molecule has 2 amide bonds. The molecular weight excluding hydrogens is 515 g/mol. The number of amides is 2. The van der Waals surface area contributed by atoms with Crippen LogP contribution in [0.3, 0.4) is 0 Å². The topological polar surface area (TPSA) is 124 Å². The predicted molar refractivity (Wildman–Crippen MR) is 125 cm³/mol. The summed E-state index contributed by atoms with van der Waals surface area (Å²) >= 11 is 0. The summed E-state index contributed by atoms with van der Waals surface area (Å²) in [5.74, 6) is -2.95.